The molecule has 1 aliphatic rings. The van der Waals surface area contributed by atoms with Crippen molar-refractivity contribution in [1.82, 2.24) is 4.90 Å². The van der Waals surface area contributed by atoms with E-state index in [1.807, 2.05) is 0 Å². The molecule has 0 bridgehead atoms. The minimum atomic E-state index is -0.412. The van der Waals surface area contributed by atoms with Crippen LogP contribution in [0.5, 0.6) is 0 Å². The molecule has 0 spiro atoms. The normalized spacial score (nSPS) is 14.6. The van der Waals surface area contributed by atoms with E-state index in [1.165, 1.54) is 0 Å². The average Bonchev–Trinajstić information content (AvgIpc) is 3.17. The zero-order valence-electron chi connectivity index (χ0n) is 10.8. The summed E-state index contributed by atoms with van der Waals surface area (Å²) in [4.78, 5) is 14.1. The molecule has 0 aliphatic heterocycles. The zero-order chi connectivity index (χ0) is 13.1. The molecule has 1 fully saturated rings. The molecule has 1 aliphatic carbocycles. The van der Waals surface area contributed by atoms with E-state index in [9.17, 15) is 9.18 Å². The Morgan fingerprint density at radius 3 is 2.83 bits per heavy atom. The Hall–Kier alpha value is -1.42. The summed E-state index contributed by atoms with van der Waals surface area (Å²) in [7, 11) is 1.60. The van der Waals surface area contributed by atoms with Gasteiger partial charge in [0.25, 0.3) is 5.91 Å². The van der Waals surface area contributed by atoms with E-state index in [4.69, 9.17) is 4.74 Å². The van der Waals surface area contributed by atoms with Crippen molar-refractivity contribution in [3.05, 3.63) is 35.1 Å². The second-order valence-electron chi connectivity index (χ2n) is 4.66. The Balaban J connectivity index is 2.19. The number of methoxy groups -OCH3 is 1. The van der Waals surface area contributed by atoms with Gasteiger partial charge >= 0.3 is 0 Å². The van der Waals surface area contributed by atoms with Crippen LogP contribution in [0.15, 0.2) is 18.2 Å². The Labute approximate surface area is 107 Å². The Bertz CT molecular complexity index is 443. The van der Waals surface area contributed by atoms with Crippen molar-refractivity contribution < 1.29 is 13.9 Å². The molecule has 0 saturated heterocycles. The Morgan fingerprint density at radius 2 is 2.22 bits per heavy atom. The van der Waals surface area contributed by atoms with Crippen LogP contribution in [0.25, 0.3) is 0 Å². The topological polar surface area (TPSA) is 29.5 Å². The Morgan fingerprint density at radius 1 is 1.50 bits per heavy atom. The minimum Gasteiger partial charge on any atom is -0.383 e. The van der Waals surface area contributed by atoms with Gasteiger partial charge in [-0.2, -0.15) is 0 Å². The van der Waals surface area contributed by atoms with Crippen LogP contribution in [0.2, 0.25) is 0 Å². The summed E-state index contributed by atoms with van der Waals surface area (Å²) in [6.07, 6.45) is 2.01. The van der Waals surface area contributed by atoms with Gasteiger partial charge in [0.2, 0.25) is 0 Å². The summed E-state index contributed by atoms with van der Waals surface area (Å²) in [6, 6.07) is 5.19. The van der Waals surface area contributed by atoms with E-state index in [1.54, 1.807) is 37.1 Å². The molecule has 0 aromatic heterocycles. The number of aryl methyl sites for hydroxylation is 1. The summed E-state index contributed by atoms with van der Waals surface area (Å²) in [5.41, 5.74) is 0.668. The number of amides is 1. The summed E-state index contributed by atoms with van der Waals surface area (Å²) in [5, 5.41) is 0. The van der Waals surface area contributed by atoms with Gasteiger partial charge in [0.1, 0.15) is 5.82 Å². The molecule has 0 radical (unpaired) electrons. The molecule has 1 aromatic carbocycles. The Kier molecular flexibility index (Phi) is 3.97. The summed E-state index contributed by atoms with van der Waals surface area (Å²) in [5.74, 6) is -0.638. The lowest BCUT2D eigenvalue weighted by atomic mass is 10.1. The average molecular weight is 251 g/mol. The lowest BCUT2D eigenvalue weighted by Crippen LogP contribution is -2.36. The fourth-order valence-corrected chi connectivity index (χ4v) is 1.99. The summed E-state index contributed by atoms with van der Waals surface area (Å²) >= 11 is 0. The predicted molar refractivity (Wildman–Crippen MR) is 67.1 cm³/mol. The number of nitrogens with zero attached hydrogens (tertiary/aromatic N) is 1. The van der Waals surface area contributed by atoms with E-state index in [0.29, 0.717) is 18.7 Å². The van der Waals surface area contributed by atoms with Crippen molar-refractivity contribution in [1.29, 1.82) is 0 Å². The summed E-state index contributed by atoms with van der Waals surface area (Å²) < 4.78 is 18.9. The highest BCUT2D eigenvalue weighted by Crippen LogP contribution is 2.28. The molecule has 1 aromatic rings. The van der Waals surface area contributed by atoms with Crippen molar-refractivity contribution in [3.8, 4) is 0 Å². The van der Waals surface area contributed by atoms with Gasteiger partial charge in [0, 0.05) is 19.7 Å². The minimum absolute atomic E-state index is 0.165. The molecular formula is C14H18FNO2. The third-order valence-electron chi connectivity index (χ3n) is 3.21. The van der Waals surface area contributed by atoms with Gasteiger partial charge in [0.05, 0.1) is 12.2 Å². The highest BCUT2D eigenvalue weighted by Gasteiger charge is 2.33. The first kappa shape index (κ1) is 13.0. The molecule has 4 heteroatoms. The van der Waals surface area contributed by atoms with Crippen molar-refractivity contribution in [2.45, 2.75) is 25.8 Å². The van der Waals surface area contributed by atoms with Crippen LogP contribution in [0.4, 0.5) is 4.39 Å². The van der Waals surface area contributed by atoms with Gasteiger partial charge in [-0.05, 0) is 31.4 Å². The molecule has 1 saturated carbocycles. The van der Waals surface area contributed by atoms with Gasteiger partial charge in [0.15, 0.2) is 0 Å². The van der Waals surface area contributed by atoms with E-state index in [0.717, 1.165) is 12.8 Å². The quantitative estimate of drug-likeness (QED) is 0.804. The predicted octanol–water partition coefficient (Wildman–Crippen LogP) is 2.39. The maximum atomic E-state index is 13.9. The lowest BCUT2D eigenvalue weighted by molar-refractivity contribution is 0.0675. The third-order valence-corrected chi connectivity index (χ3v) is 3.21. The van der Waals surface area contributed by atoms with Crippen molar-refractivity contribution in [3.63, 3.8) is 0 Å². The number of carbonyl (C=O) groups is 1. The fraction of sp³-hybridized carbons (Fsp3) is 0.500. The van der Waals surface area contributed by atoms with Crippen LogP contribution < -0.4 is 0 Å². The van der Waals surface area contributed by atoms with Crippen LogP contribution in [0.1, 0.15) is 28.8 Å². The largest absolute Gasteiger partial charge is 0.383 e. The van der Waals surface area contributed by atoms with Gasteiger partial charge in [-0.1, -0.05) is 12.1 Å². The van der Waals surface area contributed by atoms with Crippen molar-refractivity contribution in [2.24, 2.45) is 0 Å². The highest BCUT2D eigenvalue weighted by molar-refractivity contribution is 5.95. The number of rotatable bonds is 5. The van der Waals surface area contributed by atoms with Gasteiger partial charge in [-0.3, -0.25) is 4.79 Å². The number of halogens is 1. The van der Waals surface area contributed by atoms with Gasteiger partial charge in [-0.25, -0.2) is 4.39 Å². The van der Waals surface area contributed by atoms with Crippen LogP contribution >= 0.6 is 0 Å². The number of hydrogen-bond donors (Lipinski definition) is 0. The molecule has 98 valence electrons. The van der Waals surface area contributed by atoms with E-state index in [2.05, 4.69) is 0 Å². The van der Waals surface area contributed by atoms with E-state index in [-0.39, 0.29) is 17.5 Å². The maximum absolute atomic E-state index is 13.9. The first-order chi connectivity index (χ1) is 8.65. The third kappa shape index (κ3) is 2.70. The van der Waals surface area contributed by atoms with Crippen molar-refractivity contribution >= 4 is 5.91 Å². The monoisotopic (exact) mass is 251 g/mol. The summed E-state index contributed by atoms with van der Waals surface area (Å²) in [6.45, 7) is 2.67. The molecule has 18 heavy (non-hydrogen) atoms. The van der Waals surface area contributed by atoms with Gasteiger partial charge < -0.3 is 9.64 Å². The standard InChI is InChI=1S/C14H18FNO2/c1-10-4-3-5-12(13(10)15)14(17)16(8-9-18-2)11-6-7-11/h3-5,11H,6-9H2,1-2H3. The SMILES string of the molecule is COCCN(C(=O)c1cccc(C)c1F)C1CC1. The van der Waals surface area contributed by atoms with Crippen molar-refractivity contribution in [2.75, 3.05) is 20.3 Å². The molecule has 2 rings (SSSR count). The fourth-order valence-electron chi connectivity index (χ4n) is 1.99. The second-order valence-corrected chi connectivity index (χ2v) is 4.66. The van der Waals surface area contributed by atoms with E-state index >= 15 is 0 Å². The second kappa shape index (κ2) is 5.48. The molecule has 0 N–H and O–H groups in total. The maximum Gasteiger partial charge on any atom is 0.257 e. The number of hydrogen-bond acceptors (Lipinski definition) is 2. The first-order valence-electron chi connectivity index (χ1n) is 6.20. The lowest BCUT2D eigenvalue weighted by Gasteiger charge is -2.22. The molecule has 0 heterocycles. The van der Waals surface area contributed by atoms with E-state index < -0.39 is 5.82 Å². The number of ether oxygens (including phenoxy) is 1. The highest BCUT2D eigenvalue weighted by atomic mass is 19.1. The van der Waals surface area contributed by atoms with Gasteiger partial charge in [-0.15, -0.1) is 0 Å². The zero-order valence-corrected chi connectivity index (χ0v) is 10.8. The van der Waals surface area contributed by atoms with Crippen LogP contribution in [0, 0.1) is 12.7 Å². The van der Waals surface area contributed by atoms with Crippen LogP contribution in [-0.2, 0) is 4.74 Å². The molecule has 0 unspecified atom stereocenters. The molecular weight excluding hydrogens is 233 g/mol. The molecule has 3 nitrogen and oxygen atoms in total. The molecule has 1 amide bonds. The first-order valence-corrected chi connectivity index (χ1v) is 6.20. The van der Waals surface area contributed by atoms with Crippen LogP contribution in [0.3, 0.4) is 0 Å². The van der Waals surface area contributed by atoms with Crippen LogP contribution in [-0.4, -0.2) is 37.1 Å². The number of carbonyl (C=O) groups excluding carboxylic acids is 1. The smallest absolute Gasteiger partial charge is 0.257 e. The molecule has 0 atom stereocenters. The number of benzene rings is 1.